The van der Waals surface area contributed by atoms with Crippen molar-refractivity contribution >= 4 is 11.6 Å². The summed E-state index contributed by atoms with van der Waals surface area (Å²) in [7, 11) is 0. The maximum atomic E-state index is 11.9. The highest BCUT2D eigenvalue weighted by molar-refractivity contribution is 5.85. The van der Waals surface area contributed by atoms with Crippen molar-refractivity contribution in [1.29, 1.82) is 0 Å². The second-order valence-corrected chi connectivity index (χ2v) is 5.63. The lowest BCUT2D eigenvalue weighted by Gasteiger charge is -2.30. The number of morpholine rings is 1. The zero-order valence-electron chi connectivity index (χ0n) is 12.2. The molecular weight excluding hydrogens is 254 g/mol. The maximum Gasteiger partial charge on any atom is 0.239 e. The zero-order chi connectivity index (χ0) is 14.6. The first-order valence-electron chi connectivity index (χ1n) is 6.96. The molecule has 5 nitrogen and oxygen atoms in total. The molecule has 1 amide bonds. The molecule has 20 heavy (non-hydrogen) atoms. The van der Waals surface area contributed by atoms with Crippen molar-refractivity contribution in [1.82, 2.24) is 5.32 Å². The third-order valence-corrected chi connectivity index (χ3v) is 3.37. The minimum atomic E-state index is -0.853. The number of nitrogens with one attached hydrogen (secondary N) is 1. The number of hydrogen-bond donors (Lipinski definition) is 2. The molecule has 3 N–H and O–H groups in total. The van der Waals surface area contributed by atoms with E-state index in [9.17, 15) is 4.79 Å². The number of carbonyl (C=O) groups excluding carboxylic acids is 1. The summed E-state index contributed by atoms with van der Waals surface area (Å²) in [6, 6.07) is 8.12. The lowest BCUT2D eigenvalue weighted by molar-refractivity contribution is -0.125. The van der Waals surface area contributed by atoms with Crippen LogP contribution in [0.5, 0.6) is 0 Å². The van der Waals surface area contributed by atoms with Gasteiger partial charge < -0.3 is 20.7 Å². The quantitative estimate of drug-likeness (QED) is 0.857. The van der Waals surface area contributed by atoms with E-state index in [1.165, 1.54) is 0 Å². The van der Waals surface area contributed by atoms with Gasteiger partial charge in [-0.25, -0.2) is 0 Å². The van der Waals surface area contributed by atoms with Gasteiger partial charge >= 0.3 is 0 Å². The molecule has 0 spiro atoms. The van der Waals surface area contributed by atoms with Gasteiger partial charge in [0.1, 0.15) is 0 Å². The fourth-order valence-electron chi connectivity index (χ4n) is 2.18. The van der Waals surface area contributed by atoms with Crippen LogP contribution in [0.25, 0.3) is 0 Å². The SMILES string of the molecule is CC(C)(N)C(=O)NCc1ccccc1N1CCOCC1. The minimum Gasteiger partial charge on any atom is -0.378 e. The number of carbonyl (C=O) groups is 1. The molecule has 1 fully saturated rings. The average molecular weight is 277 g/mol. The Balaban J connectivity index is 2.06. The maximum absolute atomic E-state index is 11.9. The van der Waals surface area contributed by atoms with Crippen LogP contribution in [0.15, 0.2) is 24.3 Å². The van der Waals surface area contributed by atoms with Gasteiger partial charge in [-0.1, -0.05) is 18.2 Å². The van der Waals surface area contributed by atoms with Crippen molar-refractivity contribution in [3.63, 3.8) is 0 Å². The first-order chi connectivity index (χ1) is 9.48. The van der Waals surface area contributed by atoms with E-state index in [1.54, 1.807) is 13.8 Å². The predicted molar refractivity (Wildman–Crippen MR) is 79.6 cm³/mol. The monoisotopic (exact) mass is 277 g/mol. The van der Waals surface area contributed by atoms with Gasteiger partial charge in [-0.15, -0.1) is 0 Å². The summed E-state index contributed by atoms with van der Waals surface area (Å²) >= 11 is 0. The summed E-state index contributed by atoms with van der Waals surface area (Å²) in [6.45, 7) is 7.16. The van der Waals surface area contributed by atoms with Crippen molar-refractivity contribution in [3.05, 3.63) is 29.8 Å². The van der Waals surface area contributed by atoms with E-state index < -0.39 is 5.54 Å². The Hall–Kier alpha value is -1.59. The zero-order valence-corrected chi connectivity index (χ0v) is 12.2. The number of nitrogens with two attached hydrogens (primary N) is 1. The molecule has 110 valence electrons. The van der Waals surface area contributed by atoms with Crippen LogP contribution >= 0.6 is 0 Å². The molecule has 1 heterocycles. The van der Waals surface area contributed by atoms with Gasteiger partial charge in [-0.3, -0.25) is 4.79 Å². The molecule has 0 saturated carbocycles. The molecule has 0 aromatic heterocycles. The molecule has 1 aromatic carbocycles. The third kappa shape index (κ3) is 3.71. The first kappa shape index (κ1) is 14.8. The fourth-order valence-corrected chi connectivity index (χ4v) is 2.18. The summed E-state index contributed by atoms with van der Waals surface area (Å²) in [4.78, 5) is 14.1. The number of rotatable bonds is 4. The predicted octanol–water partition coefficient (Wildman–Crippen LogP) is 0.877. The summed E-state index contributed by atoms with van der Waals surface area (Å²) < 4.78 is 5.38. The van der Waals surface area contributed by atoms with Crippen molar-refractivity contribution < 1.29 is 9.53 Å². The Morgan fingerprint density at radius 3 is 2.65 bits per heavy atom. The van der Waals surface area contributed by atoms with Crippen LogP contribution in [0.3, 0.4) is 0 Å². The number of para-hydroxylation sites is 1. The van der Waals surface area contributed by atoms with Gasteiger partial charge in [-0.2, -0.15) is 0 Å². The smallest absolute Gasteiger partial charge is 0.239 e. The highest BCUT2D eigenvalue weighted by Gasteiger charge is 2.22. The number of amides is 1. The van der Waals surface area contributed by atoms with Gasteiger partial charge in [0.2, 0.25) is 5.91 Å². The summed E-state index contributed by atoms with van der Waals surface area (Å²) in [5.41, 5.74) is 7.19. The third-order valence-electron chi connectivity index (χ3n) is 3.37. The van der Waals surface area contributed by atoms with E-state index in [4.69, 9.17) is 10.5 Å². The van der Waals surface area contributed by atoms with Gasteiger partial charge in [0.15, 0.2) is 0 Å². The molecule has 0 aliphatic carbocycles. The van der Waals surface area contributed by atoms with Crippen molar-refractivity contribution in [2.75, 3.05) is 31.2 Å². The number of ether oxygens (including phenoxy) is 1. The number of anilines is 1. The Bertz CT molecular complexity index is 462. The molecule has 1 aromatic rings. The molecular formula is C15H23N3O2. The molecule has 0 unspecified atom stereocenters. The van der Waals surface area contributed by atoms with Crippen LogP contribution < -0.4 is 16.0 Å². The van der Waals surface area contributed by atoms with E-state index in [-0.39, 0.29) is 5.91 Å². The molecule has 1 aliphatic heterocycles. The van der Waals surface area contributed by atoms with Crippen molar-refractivity contribution in [2.45, 2.75) is 25.9 Å². The standard InChI is InChI=1S/C15H23N3O2/c1-15(2,16)14(19)17-11-12-5-3-4-6-13(12)18-7-9-20-10-8-18/h3-6H,7-11,16H2,1-2H3,(H,17,19). The molecule has 1 saturated heterocycles. The summed E-state index contributed by atoms with van der Waals surface area (Å²) in [5, 5.41) is 2.90. The second-order valence-electron chi connectivity index (χ2n) is 5.63. The topological polar surface area (TPSA) is 67.6 Å². The minimum absolute atomic E-state index is 0.144. The number of nitrogens with zero attached hydrogens (tertiary/aromatic N) is 1. The van der Waals surface area contributed by atoms with E-state index in [2.05, 4.69) is 16.3 Å². The summed E-state index contributed by atoms with van der Waals surface area (Å²) in [6.07, 6.45) is 0. The van der Waals surface area contributed by atoms with E-state index in [0.29, 0.717) is 6.54 Å². The van der Waals surface area contributed by atoms with Crippen LogP contribution in [0.1, 0.15) is 19.4 Å². The summed E-state index contributed by atoms with van der Waals surface area (Å²) in [5.74, 6) is -0.144. The van der Waals surface area contributed by atoms with Crippen molar-refractivity contribution in [2.24, 2.45) is 5.73 Å². The largest absolute Gasteiger partial charge is 0.378 e. The Morgan fingerprint density at radius 2 is 2.00 bits per heavy atom. The normalized spacial score (nSPS) is 16.1. The van der Waals surface area contributed by atoms with Gasteiger partial charge in [0, 0.05) is 25.3 Å². The first-order valence-corrected chi connectivity index (χ1v) is 6.96. The van der Waals surface area contributed by atoms with Crippen LogP contribution in [0.4, 0.5) is 5.69 Å². The van der Waals surface area contributed by atoms with Crippen LogP contribution in [0.2, 0.25) is 0 Å². The molecule has 1 aliphatic rings. The average Bonchev–Trinajstić information content (AvgIpc) is 2.45. The van der Waals surface area contributed by atoms with E-state index in [1.807, 2.05) is 18.2 Å². The second kappa shape index (κ2) is 6.24. The van der Waals surface area contributed by atoms with Gasteiger partial charge in [0.05, 0.1) is 18.8 Å². The molecule has 5 heteroatoms. The highest BCUT2D eigenvalue weighted by atomic mass is 16.5. The van der Waals surface area contributed by atoms with E-state index in [0.717, 1.165) is 37.6 Å². The molecule has 0 radical (unpaired) electrons. The number of hydrogen-bond acceptors (Lipinski definition) is 4. The van der Waals surface area contributed by atoms with E-state index >= 15 is 0 Å². The number of benzene rings is 1. The lowest BCUT2D eigenvalue weighted by atomic mass is 10.1. The molecule has 2 rings (SSSR count). The Morgan fingerprint density at radius 1 is 1.35 bits per heavy atom. The fraction of sp³-hybridized carbons (Fsp3) is 0.533. The Labute approximate surface area is 120 Å². The molecule has 0 atom stereocenters. The van der Waals surface area contributed by atoms with Crippen molar-refractivity contribution in [3.8, 4) is 0 Å². The van der Waals surface area contributed by atoms with Crippen LogP contribution in [-0.2, 0) is 16.1 Å². The van der Waals surface area contributed by atoms with Crippen LogP contribution in [-0.4, -0.2) is 37.7 Å². The van der Waals surface area contributed by atoms with Crippen LogP contribution in [0, 0.1) is 0 Å². The highest BCUT2D eigenvalue weighted by Crippen LogP contribution is 2.21. The van der Waals surface area contributed by atoms with Gasteiger partial charge in [0.25, 0.3) is 0 Å². The lowest BCUT2D eigenvalue weighted by Crippen LogP contribution is -2.48. The van der Waals surface area contributed by atoms with Gasteiger partial charge in [-0.05, 0) is 25.5 Å². The molecule has 0 bridgehead atoms. The Kier molecular flexibility index (Phi) is 4.62.